The molecule has 0 heterocycles. The number of benzene rings is 3. The van der Waals surface area contributed by atoms with Gasteiger partial charge in [-0.15, -0.1) is 0 Å². The van der Waals surface area contributed by atoms with Crippen molar-refractivity contribution in [3.63, 3.8) is 0 Å². The molecule has 31 heavy (non-hydrogen) atoms. The predicted molar refractivity (Wildman–Crippen MR) is 124 cm³/mol. The molecule has 0 aliphatic carbocycles. The van der Waals surface area contributed by atoms with Crippen LogP contribution in [0.3, 0.4) is 0 Å². The molecule has 0 unspecified atom stereocenters. The van der Waals surface area contributed by atoms with Gasteiger partial charge in [0.25, 0.3) is 15.9 Å². The summed E-state index contributed by atoms with van der Waals surface area (Å²) >= 11 is 6.26. The van der Waals surface area contributed by atoms with Crippen LogP contribution in [0.15, 0.2) is 88.9 Å². The number of para-hydroxylation sites is 1. The molecule has 0 atom stereocenters. The lowest BCUT2D eigenvalue weighted by atomic mass is 10.1. The van der Waals surface area contributed by atoms with Crippen LogP contribution in [0, 0.1) is 6.92 Å². The van der Waals surface area contributed by atoms with Crippen LogP contribution in [0.1, 0.15) is 18.1 Å². The van der Waals surface area contributed by atoms with Crippen molar-refractivity contribution >= 4 is 38.9 Å². The number of nitrogens with zero attached hydrogens (tertiary/aromatic N) is 2. The predicted octanol–water partition coefficient (Wildman–Crippen LogP) is 4.38. The number of amides is 1. The molecule has 0 aromatic heterocycles. The Morgan fingerprint density at radius 3 is 2.23 bits per heavy atom. The number of halogens is 1. The number of anilines is 1. The third kappa shape index (κ3) is 5.51. The second-order valence-electron chi connectivity index (χ2n) is 6.87. The number of sulfonamides is 1. The van der Waals surface area contributed by atoms with Gasteiger partial charge in [-0.3, -0.25) is 9.10 Å². The number of hydrazone groups is 1. The number of rotatable bonds is 7. The first kappa shape index (κ1) is 22.5. The lowest BCUT2D eigenvalue weighted by Crippen LogP contribution is -2.40. The highest BCUT2D eigenvalue weighted by Gasteiger charge is 2.28. The van der Waals surface area contributed by atoms with Crippen molar-refractivity contribution in [3.05, 3.63) is 95.0 Å². The molecule has 0 saturated heterocycles. The molecule has 1 N–H and O–H groups in total. The van der Waals surface area contributed by atoms with Crippen LogP contribution in [-0.2, 0) is 14.8 Å². The lowest BCUT2D eigenvalue weighted by molar-refractivity contribution is -0.119. The number of carbonyl (C=O) groups excluding carboxylic acids is 1. The molecular weight excluding hydrogens is 434 g/mol. The van der Waals surface area contributed by atoms with Crippen LogP contribution in [0.25, 0.3) is 0 Å². The van der Waals surface area contributed by atoms with Crippen LogP contribution in [0.5, 0.6) is 0 Å². The summed E-state index contributed by atoms with van der Waals surface area (Å²) in [6.45, 7) is 3.14. The van der Waals surface area contributed by atoms with Gasteiger partial charge in [-0.05, 0) is 43.7 Å². The Morgan fingerprint density at radius 1 is 0.968 bits per heavy atom. The number of nitrogens with one attached hydrogen (secondary N) is 1. The van der Waals surface area contributed by atoms with Gasteiger partial charge in [-0.1, -0.05) is 71.8 Å². The highest BCUT2D eigenvalue weighted by molar-refractivity contribution is 7.92. The van der Waals surface area contributed by atoms with E-state index in [0.29, 0.717) is 5.71 Å². The fraction of sp³-hybridized carbons (Fsp3) is 0.130. The van der Waals surface area contributed by atoms with Gasteiger partial charge in [0.1, 0.15) is 6.54 Å². The fourth-order valence-corrected chi connectivity index (χ4v) is 4.57. The van der Waals surface area contributed by atoms with Crippen LogP contribution in [0.4, 0.5) is 5.69 Å². The first-order valence-corrected chi connectivity index (χ1v) is 11.3. The van der Waals surface area contributed by atoms with Crippen LogP contribution in [0.2, 0.25) is 5.02 Å². The first-order valence-electron chi connectivity index (χ1n) is 9.51. The van der Waals surface area contributed by atoms with Crippen molar-refractivity contribution in [2.75, 3.05) is 10.8 Å². The van der Waals surface area contributed by atoms with E-state index in [-0.39, 0.29) is 15.6 Å². The zero-order chi connectivity index (χ0) is 22.4. The van der Waals surface area contributed by atoms with Crippen molar-refractivity contribution in [2.24, 2.45) is 5.10 Å². The van der Waals surface area contributed by atoms with Crippen molar-refractivity contribution in [1.82, 2.24) is 5.43 Å². The van der Waals surface area contributed by atoms with E-state index in [1.54, 1.807) is 43.3 Å². The summed E-state index contributed by atoms with van der Waals surface area (Å²) in [5.74, 6) is -0.592. The Bertz CT molecular complexity index is 1190. The molecule has 0 spiro atoms. The van der Waals surface area contributed by atoms with Crippen LogP contribution >= 0.6 is 11.6 Å². The van der Waals surface area contributed by atoms with Gasteiger partial charge in [0.2, 0.25) is 0 Å². The highest BCUT2D eigenvalue weighted by Crippen LogP contribution is 2.30. The molecule has 0 radical (unpaired) electrons. The Kier molecular flexibility index (Phi) is 7.09. The Morgan fingerprint density at radius 2 is 1.58 bits per heavy atom. The summed E-state index contributed by atoms with van der Waals surface area (Å²) in [7, 11) is -4.04. The number of hydrogen-bond donors (Lipinski definition) is 1. The molecule has 0 aliphatic heterocycles. The molecule has 0 saturated carbocycles. The van der Waals surface area contributed by atoms with Gasteiger partial charge >= 0.3 is 0 Å². The molecule has 0 aliphatic rings. The van der Waals surface area contributed by atoms with E-state index in [0.717, 1.165) is 15.4 Å². The summed E-state index contributed by atoms with van der Waals surface area (Å²) in [5.41, 5.74) is 5.01. The molecule has 0 fully saturated rings. The van der Waals surface area contributed by atoms with E-state index in [1.165, 1.54) is 12.1 Å². The first-order chi connectivity index (χ1) is 14.8. The normalized spacial score (nSPS) is 11.8. The average molecular weight is 456 g/mol. The average Bonchev–Trinajstić information content (AvgIpc) is 2.77. The maximum atomic E-state index is 13.3. The lowest BCUT2D eigenvalue weighted by Gasteiger charge is -2.24. The third-order valence-corrected chi connectivity index (χ3v) is 6.65. The number of carbonyl (C=O) groups is 1. The second-order valence-corrected chi connectivity index (χ2v) is 9.14. The van der Waals surface area contributed by atoms with E-state index in [9.17, 15) is 13.2 Å². The minimum atomic E-state index is -4.04. The maximum absolute atomic E-state index is 13.3. The van der Waals surface area contributed by atoms with Crippen molar-refractivity contribution in [2.45, 2.75) is 18.7 Å². The second kappa shape index (κ2) is 9.76. The van der Waals surface area contributed by atoms with Crippen LogP contribution in [-0.4, -0.2) is 26.6 Å². The SMILES string of the molecule is C/C(=N/NC(=O)CN(c1ccccc1Cl)S(=O)(=O)c1ccc(C)cc1)c1ccccc1. The topological polar surface area (TPSA) is 78.8 Å². The standard InChI is InChI=1S/C23H22ClN3O3S/c1-17-12-14-20(15-13-17)31(29,30)27(22-11-7-6-10-21(22)24)16-23(28)26-25-18(2)19-8-4-3-5-9-19/h3-15H,16H2,1-2H3,(H,26,28)/b25-18-. The molecular formula is C23H22ClN3O3S. The molecule has 160 valence electrons. The van der Waals surface area contributed by atoms with E-state index in [1.807, 2.05) is 37.3 Å². The molecule has 3 aromatic carbocycles. The fourth-order valence-electron chi connectivity index (χ4n) is 2.85. The van der Waals surface area contributed by atoms with Gasteiger partial charge in [0, 0.05) is 0 Å². The Balaban J connectivity index is 1.90. The maximum Gasteiger partial charge on any atom is 0.264 e. The minimum Gasteiger partial charge on any atom is -0.271 e. The summed E-state index contributed by atoms with van der Waals surface area (Å²) in [5, 5.41) is 4.31. The zero-order valence-electron chi connectivity index (χ0n) is 17.1. The van der Waals surface area contributed by atoms with Crippen molar-refractivity contribution < 1.29 is 13.2 Å². The van der Waals surface area contributed by atoms with Crippen molar-refractivity contribution in [3.8, 4) is 0 Å². The Labute approximate surface area is 187 Å². The third-order valence-electron chi connectivity index (χ3n) is 4.56. The molecule has 0 bridgehead atoms. The molecule has 8 heteroatoms. The van der Waals surface area contributed by atoms with E-state index >= 15 is 0 Å². The smallest absolute Gasteiger partial charge is 0.264 e. The summed E-state index contributed by atoms with van der Waals surface area (Å²) in [6, 6.07) is 22.2. The van der Waals surface area contributed by atoms with Crippen LogP contribution < -0.4 is 9.73 Å². The number of aryl methyl sites for hydroxylation is 1. The Hall–Kier alpha value is -3.16. The highest BCUT2D eigenvalue weighted by atomic mass is 35.5. The largest absolute Gasteiger partial charge is 0.271 e. The number of hydrogen-bond acceptors (Lipinski definition) is 4. The summed E-state index contributed by atoms with van der Waals surface area (Å²) in [6.07, 6.45) is 0. The zero-order valence-corrected chi connectivity index (χ0v) is 18.7. The van der Waals surface area contributed by atoms with Gasteiger partial charge in [0.15, 0.2) is 0 Å². The molecule has 3 aromatic rings. The van der Waals surface area contributed by atoms with Crippen molar-refractivity contribution in [1.29, 1.82) is 0 Å². The summed E-state index contributed by atoms with van der Waals surface area (Å²) in [4.78, 5) is 12.7. The van der Waals surface area contributed by atoms with Gasteiger partial charge < -0.3 is 0 Å². The molecule has 1 amide bonds. The minimum absolute atomic E-state index is 0.0646. The van der Waals surface area contributed by atoms with Gasteiger partial charge in [0.05, 0.1) is 21.3 Å². The van der Waals surface area contributed by atoms with Gasteiger partial charge in [-0.25, -0.2) is 13.8 Å². The monoisotopic (exact) mass is 455 g/mol. The van der Waals surface area contributed by atoms with Gasteiger partial charge in [-0.2, -0.15) is 5.10 Å². The van der Waals surface area contributed by atoms with E-state index in [4.69, 9.17) is 11.6 Å². The quantitative estimate of drug-likeness (QED) is 0.424. The molecule has 6 nitrogen and oxygen atoms in total. The molecule has 3 rings (SSSR count). The van der Waals surface area contributed by atoms with E-state index < -0.39 is 22.5 Å². The summed E-state index contributed by atoms with van der Waals surface area (Å²) < 4.78 is 27.7. The van der Waals surface area contributed by atoms with E-state index in [2.05, 4.69) is 10.5 Å².